The van der Waals surface area contributed by atoms with Crippen LogP contribution in [0, 0.1) is 11.3 Å². The molecule has 0 spiro atoms. The first-order valence-corrected chi connectivity index (χ1v) is 5.79. The normalized spacial score (nSPS) is 15.3. The van der Waals surface area contributed by atoms with Crippen LogP contribution in [0.3, 0.4) is 0 Å². The summed E-state index contributed by atoms with van der Waals surface area (Å²) in [6.07, 6.45) is 2.86. The van der Waals surface area contributed by atoms with Crippen LogP contribution in [0.2, 0.25) is 0 Å². The number of rotatable bonds is 7. The van der Waals surface area contributed by atoms with Crippen LogP contribution >= 0.6 is 0 Å². The molecule has 0 bridgehead atoms. The Morgan fingerprint density at radius 2 is 2.00 bits per heavy atom. The van der Waals surface area contributed by atoms with Gasteiger partial charge in [-0.05, 0) is 53.8 Å². The Balaban J connectivity index is 4.20. The van der Waals surface area contributed by atoms with Gasteiger partial charge in [0.25, 0.3) is 0 Å². The highest BCUT2D eigenvalue weighted by Crippen LogP contribution is 2.17. The molecule has 15 heavy (non-hydrogen) atoms. The van der Waals surface area contributed by atoms with Crippen molar-refractivity contribution in [2.75, 3.05) is 20.6 Å². The van der Waals surface area contributed by atoms with Crippen molar-refractivity contribution in [3.63, 3.8) is 0 Å². The van der Waals surface area contributed by atoms with Crippen LogP contribution in [0.15, 0.2) is 0 Å². The zero-order valence-corrected chi connectivity index (χ0v) is 10.8. The lowest BCUT2D eigenvalue weighted by Gasteiger charge is -2.29. The fraction of sp³-hybridized carbons (Fsp3) is 0.917. The Hall–Kier alpha value is -0.590. The maximum atomic E-state index is 9.26. The largest absolute Gasteiger partial charge is 0.309 e. The smallest absolute Gasteiger partial charge is 0.106 e. The molecule has 0 aromatic rings. The molecule has 0 saturated heterocycles. The molecule has 0 radical (unpaired) electrons. The van der Waals surface area contributed by atoms with E-state index in [9.17, 15) is 5.26 Å². The maximum Gasteiger partial charge on any atom is 0.106 e. The molecule has 0 rings (SSSR count). The molecule has 88 valence electrons. The van der Waals surface area contributed by atoms with Crippen molar-refractivity contribution in [3.8, 4) is 6.07 Å². The minimum atomic E-state index is -0.329. The third-order valence-electron chi connectivity index (χ3n) is 2.59. The molecule has 0 aromatic heterocycles. The van der Waals surface area contributed by atoms with Gasteiger partial charge in [0.1, 0.15) is 5.54 Å². The summed E-state index contributed by atoms with van der Waals surface area (Å²) >= 11 is 0. The van der Waals surface area contributed by atoms with Crippen molar-refractivity contribution < 1.29 is 0 Å². The summed E-state index contributed by atoms with van der Waals surface area (Å²) in [6.45, 7) is 7.30. The van der Waals surface area contributed by atoms with Gasteiger partial charge in [0.15, 0.2) is 0 Å². The second kappa shape index (κ2) is 6.81. The number of nitrogens with one attached hydrogen (secondary N) is 1. The molecule has 1 unspecified atom stereocenters. The molecule has 0 aromatic carbocycles. The van der Waals surface area contributed by atoms with E-state index < -0.39 is 0 Å². The summed E-state index contributed by atoms with van der Waals surface area (Å²) in [7, 11) is 4.13. The summed E-state index contributed by atoms with van der Waals surface area (Å²) in [4.78, 5) is 2.16. The van der Waals surface area contributed by atoms with E-state index in [1.165, 1.54) is 0 Å². The second-order valence-corrected chi connectivity index (χ2v) is 4.75. The summed E-state index contributed by atoms with van der Waals surface area (Å²) in [5.41, 5.74) is -0.329. The molecular formula is C12H25N3. The lowest BCUT2D eigenvalue weighted by molar-refractivity contribution is 0.309. The molecule has 3 heteroatoms. The van der Waals surface area contributed by atoms with Crippen LogP contribution in [-0.4, -0.2) is 37.1 Å². The van der Waals surface area contributed by atoms with Gasteiger partial charge in [-0.15, -0.1) is 0 Å². The van der Waals surface area contributed by atoms with Gasteiger partial charge in [0, 0.05) is 6.04 Å². The van der Waals surface area contributed by atoms with Gasteiger partial charge in [0.05, 0.1) is 6.07 Å². The third kappa shape index (κ3) is 5.76. The van der Waals surface area contributed by atoms with E-state index in [0.29, 0.717) is 6.04 Å². The number of nitriles is 1. The quantitative estimate of drug-likeness (QED) is 0.700. The second-order valence-electron chi connectivity index (χ2n) is 4.75. The lowest BCUT2D eigenvalue weighted by atomic mass is 9.91. The van der Waals surface area contributed by atoms with Crippen molar-refractivity contribution in [1.29, 1.82) is 5.26 Å². The van der Waals surface area contributed by atoms with E-state index in [-0.39, 0.29) is 5.54 Å². The zero-order chi connectivity index (χ0) is 11.9. The van der Waals surface area contributed by atoms with Crippen LogP contribution in [0.1, 0.15) is 40.0 Å². The molecule has 3 nitrogen and oxygen atoms in total. The Morgan fingerprint density at radius 1 is 1.40 bits per heavy atom. The molecule has 1 atom stereocenters. The zero-order valence-electron chi connectivity index (χ0n) is 10.8. The Bertz CT molecular complexity index is 205. The van der Waals surface area contributed by atoms with Crippen molar-refractivity contribution in [1.82, 2.24) is 10.2 Å². The van der Waals surface area contributed by atoms with Crippen molar-refractivity contribution in [3.05, 3.63) is 0 Å². The lowest BCUT2D eigenvalue weighted by Crippen LogP contribution is -2.47. The minimum Gasteiger partial charge on any atom is -0.309 e. The molecule has 0 fully saturated rings. The van der Waals surface area contributed by atoms with E-state index in [1.54, 1.807) is 0 Å². The minimum absolute atomic E-state index is 0.329. The Morgan fingerprint density at radius 3 is 2.33 bits per heavy atom. The topological polar surface area (TPSA) is 39.1 Å². The van der Waals surface area contributed by atoms with E-state index >= 15 is 0 Å². The van der Waals surface area contributed by atoms with E-state index in [1.807, 2.05) is 0 Å². The van der Waals surface area contributed by atoms with Crippen molar-refractivity contribution in [2.24, 2.45) is 0 Å². The van der Waals surface area contributed by atoms with E-state index in [0.717, 1.165) is 25.8 Å². The van der Waals surface area contributed by atoms with Gasteiger partial charge in [0.2, 0.25) is 0 Å². The fourth-order valence-electron chi connectivity index (χ4n) is 1.77. The molecule has 0 heterocycles. The highest BCUT2D eigenvalue weighted by molar-refractivity contribution is 5.06. The summed E-state index contributed by atoms with van der Waals surface area (Å²) in [5, 5.41) is 12.7. The number of hydrogen-bond donors (Lipinski definition) is 1. The fourth-order valence-corrected chi connectivity index (χ4v) is 1.77. The third-order valence-corrected chi connectivity index (χ3v) is 2.59. The van der Waals surface area contributed by atoms with Crippen LogP contribution < -0.4 is 5.32 Å². The highest BCUT2D eigenvalue weighted by Gasteiger charge is 2.27. The first-order valence-electron chi connectivity index (χ1n) is 5.79. The van der Waals surface area contributed by atoms with Crippen LogP contribution in [0.25, 0.3) is 0 Å². The highest BCUT2D eigenvalue weighted by atomic mass is 15.1. The van der Waals surface area contributed by atoms with E-state index in [4.69, 9.17) is 0 Å². The van der Waals surface area contributed by atoms with Gasteiger partial charge >= 0.3 is 0 Å². The van der Waals surface area contributed by atoms with Crippen molar-refractivity contribution in [2.45, 2.75) is 51.6 Å². The van der Waals surface area contributed by atoms with Gasteiger partial charge in [-0.3, -0.25) is 5.32 Å². The predicted octanol–water partition coefficient (Wildman–Crippen LogP) is 2.00. The van der Waals surface area contributed by atoms with Gasteiger partial charge in [-0.25, -0.2) is 0 Å². The van der Waals surface area contributed by atoms with Crippen LogP contribution in [0.5, 0.6) is 0 Å². The molecule has 0 aliphatic carbocycles. The van der Waals surface area contributed by atoms with Crippen LogP contribution in [0.4, 0.5) is 0 Å². The molecule has 0 saturated carbocycles. The summed E-state index contributed by atoms with van der Waals surface area (Å²) < 4.78 is 0. The average molecular weight is 211 g/mol. The molecule has 1 N–H and O–H groups in total. The summed E-state index contributed by atoms with van der Waals surface area (Å²) in [6, 6.07) is 2.81. The molecule has 0 amide bonds. The van der Waals surface area contributed by atoms with Crippen LogP contribution in [-0.2, 0) is 0 Å². The molecular weight excluding hydrogens is 186 g/mol. The molecule has 0 aliphatic heterocycles. The number of hydrogen-bond acceptors (Lipinski definition) is 3. The number of nitrogens with zero attached hydrogens (tertiary/aromatic N) is 2. The summed E-state index contributed by atoms with van der Waals surface area (Å²) in [5.74, 6) is 0. The monoisotopic (exact) mass is 211 g/mol. The van der Waals surface area contributed by atoms with Crippen molar-refractivity contribution >= 4 is 0 Å². The molecule has 0 aliphatic rings. The van der Waals surface area contributed by atoms with Gasteiger partial charge in [-0.2, -0.15) is 5.26 Å². The average Bonchev–Trinajstić information content (AvgIpc) is 2.15. The maximum absolute atomic E-state index is 9.26. The Kier molecular flexibility index (Phi) is 6.55. The standard InChI is InChI=1S/C12H25N3/c1-6-12(10-13,14-11(2)3)8-7-9-15(4)5/h11,14H,6-9H2,1-5H3. The Labute approximate surface area is 94.5 Å². The predicted molar refractivity (Wildman–Crippen MR) is 64.7 cm³/mol. The first kappa shape index (κ1) is 14.4. The van der Waals surface area contributed by atoms with Gasteiger partial charge < -0.3 is 4.90 Å². The first-order chi connectivity index (χ1) is 6.95. The van der Waals surface area contributed by atoms with Gasteiger partial charge in [-0.1, -0.05) is 6.92 Å². The SMILES string of the molecule is CCC(C#N)(CCCN(C)C)NC(C)C. The van der Waals surface area contributed by atoms with E-state index in [2.05, 4.69) is 51.2 Å².